The van der Waals surface area contributed by atoms with Crippen LogP contribution in [0.3, 0.4) is 0 Å². The highest BCUT2D eigenvalue weighted by Gasteiger charge is 2.28. The van der Waals surface area contributed by atoms with E-state index >= 15 is 0 Å². The minimum absolute atomic E-state index is 0.0220. The average molecular weight is 244 g/mol. The zero-order valence-electron chi connectivity index (χ0n) is 9.61. The number of carboxylic acids is 1. The number of ether oxygens (including phenoxy) is 1. The molecule has 1 aromatic rings. The Morgan fingerprint density at radius 1 is 1.41 bits per heavy atom. The molecule has 0 radical (unpaired) electrons. The molecule has 0 heterocycles. The van der Waals surface area contributed by atoms with Crippen LogP contribution >= 0.6 is 0 Å². The van der Waals surface area contributed by atoms with Crippen LogP contribution in [0.5, 0.6) is 5.75 Å². The Kier molecular flexibility index (Phi) is 4.04. The van der Waals surface area contributed by atoms with Crippen molar-refractivity contribution < 1.29 is 23.4 Å². The predicted molar refractivity (Wildman–Crippen MR) is 58.4 cm³/mol. The SMILES string of the molecule is CC(C)(CC(=O)O)c1ccccc1OC(F)F. The van der Waals surface area contributed by atoms with Crippen molar-refractivity contribution in [2.45, 2.75) is 32.3 Å². The second-order valence-electron chi connectivity index (χ2n) is 4.33. The van der Waals surface area contributed by atoms with Crippen LogP contribution in [-0.2, 0) is 10.2 Å². The Labute approximate surface area is 98.0 Å². The molecule has 0 aliphatic carbocycles. The fourth-order valence-electron chi connectivity index (χ4n) is 1.70. The van der Waals surface area contributed by atoms with Crippen molar-refractivity contribution in [3.63, 3.8) is 0 Å². The Morgan fingerprint density at radius 2 is 2.00 bits per heavy atom. The number of rotatable bonds is 5. The monoisotopic (exact) mass is 244 g/mol. The van der Waals surface area contributed by atoms with E-state index in [0.717, 1.165) is 0 Å². The van der Waals surface area contributed by atoms with E-state index in [0.29, 0.717) is 5.56 Å². The summed E-state index contributed by atoms with van der Waals surface area (Å²) in [7, 11) is 0. The molecule has 94 valence electrons. The van der Waals surface area contributed by atoms with Gasteiger partial charge >= 0.3 is 12.6 Å². The second-order valence-corrected chi connectivity index (χ2v) is 4.33. The summed E-state index contributed by atoms with van der Waals surface area (Å²) in [4.78, 5) is 10.7. The van der Waals surface area contributed by atoms with E-state index in [1.54, 1.807) is 32.0 Å². The first kappa shape index (κ1) is 13.4. The number of hydrogen-bond donors (Lipinski definition) is 1. The van der Waals surface area contributed by atoms with Gasteiger partial charge in [-0.15, -0.1) is 0 Å². The summed E-state index contributed by atoms with van der Waals surface area (Å²) in [6.45, 7) is 0.431. The molecule has 5 heteroatoms. The highest BCUT2D eigenvalue weighted by Crippen LogP contribution is 2.34. The molecule has 17 heavy (non-hydrogen) atoms. The Hall–Kier alpha value is -1.65. The minimum Gasteiger partial charge on any atom is -0.481 e. The molecule has 0 saturated heterocycles. The quantitative estimate of drug-likeness (QED) is 0.865. The first-order valence-corrected chi connectivity index (χ1v) is 5.09. The largest absolute Gasteiger partial charge is 0.481 e. The maximum absolute atomic E-state index is 12.2. The fourth-order valence-corrected chi connectivity index (χ4v) is 1.70. The van der Waals surface area contributed by atoms with Crippen LogP contribution in [-0.4, -0.2) is 17.7 Å². The van der Waals surface area contributed by atoms with Crippen LogP contribution in [0.4, 0.5) is 8.78 Å². The van der Waals surface area contributed by atoms with Gasteiger partial charge in [0, 0.05) is 11.0 Å². The van der Waals surface area contributed by atoms with Crippen molar-refractivity contribution in [3.8, 4) is 5.75 Å². The maximum atomic E-state index is 12.2. The maximum Gasteiger partial charge on any atom is 0.387 e. The molecule has 0 aliphatic rings. The van der Waals surface area contributed by atoms with Crippen LogP contribution in [0.2, 0.25) is 0 Å². The van der Waals surface area contributed by atoms with Gasteiger partial charge in [-0.1, -0.05) is 32.0 Å². The molecule has 3 nitrogen and oxygen atoms in total. The second kappa shape index (κ2) is 5.12. The van der Waals surface area contributed by atoms with Crippen molar-refractivity contribution in [1.82, 2.24) is 0 Å². The van der Waals surface area contributed by atoms with E-state index in [1.165, 1.54) is 6.07 Å². The number of aliphatic carboxylic acids is 1. The number of carbonyl (C=O) groups is 1. The Balaban J connectivity index is 3.07. The third kappa shape index (κ3) is 3.69. The van der Waals surface area contributed by atoms with Crippen LogP contribution < -0.4 is 4.74 Å². The Bertz CT molecular complexity index is 402. The standard InChI is InChI=1S/C12H14F2O3/c1-12(2,7-10(15)16)8-5-3-4-6-9(8)17-11(13)14/h3-6,11H,7H2,1-2H3,(H,15,16). The van der Waals surface area contributed by atoms with Crippen molar-refractivity contribution in [1.29, 1.82) is 0 Å². The topological polar surface area (TPSA) is 46.5 Å². The first-order chi connectivity index (χ1) is 7.83. The van der Waals surface area contributed by atoms with Crippen molar-refractivity contribution in [2.75, 3.05) is 0 Å². The van der Waals surface area contributed by atoms with Crippen LogP contribution in [0, 0.1) is 0 Å². The zero-order chi connectivity index (χ0) is 13.1. The smallest absolute Gasteiger partial charge is 0.387 e. The molecule has 1 aromatic carbocycles. The summed E-state index contributed by atoms with van der Waals surface area (Å²) >= 11 is 0. The summed E-state index contributed by atoms with van der Waals surface area (Å²) < 4.78 is 28.8. The van der Waals surface area contributed by atoms with Gasteiger partial charge in [0.15, 0.2) is 0 Å². The number of para-hydroxylation sites is 1. The van der Waals surface area contributed by atoms with E-state index in [2.05, 4.69) is 4.74 Å². The minimum atomic E-state index is -2.92. The number of halogens is 2. The van der Waals surface area contributed by atoms with Gasteiger partial charge in [0.1, 0.15) is 5.75 Å². The van der Waals surface area contributed by atoms with Gasteiger partial charge in [0.25, 0.3) is 0 Å². The lowest BCUT2D eigenvalue weighted by molar-refractivity contribution is -0.138. The van der Waals surface area contributed by atoms with Crippen molar-refractivity contribution >= 4 is 5.97 Å². The van der Waals surface area contributed by atoms with E-state index in [1.807, 2.05) is 0 Å². The van der Waals surface area contributed by atoms with Gasteiger partial charge in [-0.05, 0) is 6.07 Å². The normalized spacial score (nSPS) is 11.6. The average Bonchev–Trinajstić information content (AvgIpc) is 2.15. The summed E-state index contributed by atoms with van der Waals surface area (Å²) in [5, 5.41) is 8.79. The number of hydrogen-bond acceptors (Lipinski definition) is 2. The molecular weight excluding hydrogens is 230 g/mol. The molecule has 0 unspecified atom stereocenters. The number of alkyl halides is 2. The van der Waals surface area contributed by atoms with Gasteiger partial charge in [-0.25, -0.2) is 0 Å². The molecule has 0 amide bonds. The molecular formula is C12H14F2O3. The molecule has 0 atom stereocenters. The van der Waals surface area contributed by atoms with Crippen molar-refractivity contribution in [2.24, 2.45) is 0 Å². The van der Waals surface area contributed by atoms with Gasteiger partial charge in [0.05, 0.1) is 6.42 Å². The molecule has 1 rings (SSSR count). The molecule has 0 bridgehead atoms. The summed E-state index contributed by atoms with van der Waals surface area (Å²) in [6.07, 6.45) is -0.156. The van der Waals surface area contributed by atoms with Crippen LogP contribution in [0.15, 0.2) is 24.3 Å². The lowest BCUT2D eigenvalue weighted by Gasteiger charge is -2.25. The molecule has 0 fully saturated rings. The molecule has 0 saturated carbocycles. The summed E-state index contributed by atoms with van der Waals surface area (Å²) in [6, 6.07) is 6.24. The summed E-state index contributed by atoms with van der Waals surface area (Å²) in [5.41, 5.74) is -0.306. The van der Waals surface area contributed by atoms with E-state index in [9.17, 15) is 13.6 Å². The third-order valence-electron chi connectivity index (χ3n) is 2.43. The Morgan fingerprint density at radius 3 is 2.53 bits per heavy atom. The van der Waals surface area contributed by atoms with E-state index in [4.69, 9.17) is 5.11 Å². The lowest BCUT2D eigenvalue weighted by atomic mass is 9.81. The van der Waals surface area contributed by atoms with Gasteiger partial charge in [0.2, 0.25) is 0 Å². The van der Waals surface area contributed by atoms with E-state index < -0.39 is 18.0 Å². The van der Waals surface area contributed by atoms with Crippen LogP contribution in [0.1, 0.15) is 25.8 Å². The third-order valence-corrected chi connectivity index (χ3v) is 2.43. The zero-order valence-corrected chi connectivity index (χ0v) is 9.61. The summed E-state index contributed by atoms with van der Waals surface area (Å²) in [5.74, 6) is -0.962. The molecule has 0 spiro atoms. The molecule has 0 aliphatic heterocycles. The lowest BCUT2D eigenvalue weighted by Crippen LogP contribution is -2.23. The first-order valence-electron chi connectivity index (χ1n) is 5.09. The molecule has 1 N–H and O–H groups in total. The van der Waals surface area contributed by atoms with Crippen molar-refractivity contribution in [3.05, 3.63) is 29.8 Å². The predicted octanol–water partition coefficient (Wildman–Crippen LogP) is 3.04. The number of benzene rings is 1. The molecule has 0 aromatic heterocycles. The van der Waals surface area contributed by atoms with Crippen LogP contribution in [0.25, 0.3) is 0 Å². The highest BCUT2D eigenvalue weighted by molar-refractivity contribution is 5.69. The van der Waals surface area contributed by atoms with Gasteiger partial charge < -0.3 is 9.84 Å². The highest BCUT2D eigenvalue weighted by atomic mass is 19.3. The van der Waals surface area contributed by atoms with Gasteiger partial charge in [-0.3, -0.25) is 4.79 Å². The van der Waals surface area contributed by atoms with Gasteiger partial charge in [-0.2, -0.15) is 8.78 Å². The fraction of sp³-hybridized carbons (Fsp3) is 0.417. The number of carboxylic acid groups (broad SMARTS) is 1. The van der Waals surface area contributed by atoms with E-state index in [-0.39, 0.29) is 12.2 Å².